The molecule has 6 N–H and O–H groups in total. The summed E-state index contributed by atoms with van der Waals surface area (Å²) in [5.74, 6) is -0.260. The van der Waals surface area contributed by atoms with E-state index in [2.05, 4.69) is 18.8 Å². The van der Waals surface area contributed by atoms with Crippen LogP contribution in [0.25, 0.3) is 0 Å². The first-order valence-electron chi connectivity index (χ1n) is 2.72. The minimum absolute atomic E-state index is 0.0749. The van der Waals surface area contributed by atoms with E-state index in [0.717, 1.165) is 0 Å². The van der Waals surface area contributed by atoms with E-state index in [9.17, 15) is 3.40 Å². The quantitative estimate of drug-likeness (QED) is 0.454. The van der Waals surface area contributed by atoms with Crippen molar-refractivity contribution in [1.82, 2.24) is 15.0 Å². The molecule has 0 saturated heterocycles. The molecule has 0 amide bonds. The number of nitrogens with zero attached hydrogens (tertiary/aromatic N) is 3. The van der Waals surface area contributed by atoms with E-state index in [1.807, 2.05) is 0 Å². The molecule has 66 valence electrons. The van der Waals surface area contributed by atoms with E-state index in [0.29, 0.717) is 0 Å². The van der Waals surface area contributed by atoms with E-state index in [-0.39, 0.29) is 17.8 Å². The summed E-state index contributed by atoms with van der Waals surface area (Å²) in [5.41, 5.74) is 10.4. The van der Waals surface area contributed by atoms with Crippen LogP contribution in [0.5, 0.6) is 0 Å². The maximum absolute atomic E-state index is 10.4. The Labute approximate surface area is 73.6 Å². The van der Waals surface area contributed by atoms with Crippen molar-refractivity contribution in [3.05, 3.63) is 0 Å². The Morgan fingerprint density at radius 3 is 2.17 bits per heavy atom. The Morgan fingerprint density at radius 1 is 1.25 bits per heavy atom. The SMILES string of the molecule is Nc1nc(N)nc([NH][Mo](=[O])[OH])n1. The van der Waals surface area contributed by atoms with E-state index >= 15 is 0 Å². The van der Waals surface area contributed by atoms with Gasteiger partial charge in [-0.2, -0.15) is 0 Å². The van der Waals surface area contributed by atoms with Crippen LogP contribution >= 0.6 is 0 Å². The molecule has 1 rings (SSSR count). The summed E-state index contributed by atoms with van der Waals surface area (Å²) < 4.78 is 21.0. The van der Waals surface area contributed by atoms with Crippen LogP contribution in [0.1, 0.15) is 0 Å². The van der Waals surface area contributed by atoms with Gasteiger partial charge in [-0.15, -0.1) is 0 Å². The van der Waals surface area contributed by atoms with Crippen molar-refractivity contribution in [2.75, 3.05) is 15.3 Å². The summed E-state index contributed by atoms with van der Waals surface area (Å²) in [6.45, 7) is 0. The number of nitrogen functional groups attached to an aromatic ring is 2. The summed E-state index contributed by atoms with van der Waals surface area (Å²) >= 11 is -3.47. The molecule has 9 heteroatoms. The Morgan fingerprint density at radius 2 is 1.75 bits per heavy atom. The molecule has 1 aromatic rings. The second-order valence-corrected chi connectivity index (χ2v) is 3.45. The zero-order valence-electron chi connectivity index (χ0n) is 5.76. The van der Waals surface area contributed by atoms with Crippen LogP contribution in [-0.4, -0.2) is 18.7 Å². The van der Waals surface area contributed by atoms with Gasteiger partial charge in [0, 0.05) is 0 Å². The molecular formula is C3H6MoN6O2. The van der Waals surface area contributed by atoms with Crippen LogP contribution in [0.4, 0.5) is 17.8 Å². The van der Waals surface area contributed by atoms with Crippen LogP contribution < -0.4 is 15.3 Å². The number of rotatable bonds is 2. The predicted molar refractivity (Wildman–Crippen MR) is 35.2 cm³/mol. The Balaban J connectivity index is 2.93. The summed E-state index contributed by atoms with van der Waals surface area (Å²) in [4.78, 5) is 10.5. The third-order valence-electron chi connectivity index (χ3n) is 0.849. The van der Waals surface area contributed by atoms with E-state index in [1.54, 1.807) is 0 Å². The van der Waals surface area contributed by atoms with Crippen molar-refractivity contribution in [2.24, 2.45) is 0 Å². The molecule has 0 aliphatic rings. The third kappa shape index (κ3) is 2.48. The molecule has 0 fully saturated rings. The number of nitrogens with two attached hydrogens (primary N) is 2. The van der Waals surface area contributed by atoms with Gasteiger partial charge in [-0.1, -0.05) is 0 Å². The number of hydrogen-bond donors (Lipinski definition) is 4. The minimum atomic E-state index is -3.47. The molecule has 1 aromatic heterocycles. The monoisotopic (exact) mass is 256 g/mol. The van der Waals surface area contributed by atoms with Crippen LogP contribution in [0, 0.1) is 0 Å². The molecule has 0 unspecified atom stereocenters. The third-order valence-corrected chi connectivity index (χ3v) is 1.73. The molecule has 0 spiro atoms. The number of aromatic nitrogens is 3. The normalized spacial score (nSPS) is 10.2. The predicted octanol–water partition coefficient (Wildman–Crippen LogP) is -1.77. The topological polar surface area (TPSA) is 140 Å². The van der Waals surface area contributed by atoms with Crippen molar-refractivity contribution >= 4 is 17.8 Å². The molecule has 12 heavy (non-hydrogen) atoms. The van der Waals surface area contributed by atoms with Crippen LogP contribution in [0.15, 0.2) is 0 Å². The molecule has 0 aliphatic carbocycles. The zero-order chi connectivity index (χ0) is 9.14. The van der Waals surface area contributed by atoms with Gasteiger partial charge in [0.15, 0.2) is 0 Å². The van der Waals surface area contributed by atoms with Crippen LogP contribution in [0.2, 0.25) is 0 Å². The molecule has 0 saturated carbocycles. The second kappa shape index (κ2) is 3.50. The van der Waals surface area contributed by atoms with Gasteiger partial charge in [-0.3, -0.25) is 0 Å². The van der Waals surface area contributed by atoms with Crippen molar-refractivity contribution in [3.8, 4) is 0 Å². The molecule has 0 aliphatic heterocycles. The van der Waals surface area contributed by atoms with Gasteiger partial charge in [-0.05, 0) is 0 Å². The first kappa shape index (κ1) is 8.95. The van der Waals surface area contributed by atoms with E-state index in [1.165, 1.54) is 0 Å². The van der Waals surface area contributed by atoms with Gasteiger partial charge in [-0.25, -0.2) is 0 Å². The van der Waals surface area contributed by atoms with Gasteiger partial charge in [0.25, 0.3) is 0 Å². The molecule has 8 nitrogen and oxygen atoms in total. The fraction of sp³-hybridized carbons (Fsp3) is 0. The van der Waals surface area contributed by atoms with E-state index < -0.39 is 17.9 Å². The van der Waals surface area contributed by atoms with Gasteiger partial charge in [0.1, 0.15) is 0 Å². The van der Waals surface area contributed by atoms with Gasteiger partial charge < -0.3 is 0 Å². The Kier molecular flexibility index (Phi) is 2.61. The van der Waals surface area contributed by atoms with Crippen molar-refractivity contribution in [2.45, 2.75) is 0 Å². The van der Waals surface area contributed by atoms with Gasteiger partial charge in [0.05, 0.1) is 0 Å². The van der Waals surface area contributed by atoms with Gasteiger partial charge >= 0.3 is 73.2 Å². The van der Waals surface area contributed by atoms with Crippen molar-refractivity contribution in [3.63, 3.8) is 0 Å². The molecule has 0 bridgehead atoms. The fourth-order valence-corrected chi connectivity index (χ4v) is 1.14. The summed E-state index contributed by atoms with van der Waals surface area (Å²) in [6, 6.07) is 0. The molecular weight excluding hydrogens is 248 g/mol. The standard InChI is InChI=1S/C3H5N6.Mo.H2O.O/c4-1-7-2(5)9-3(6)8-1;;;/h(H5-,4,5,6,7,8,9);;1H2;/q-1;+2;;/p-1. The maximum atomic E-state index is 10.4. The van der Waals surface area contributed by atoms with Crippen molar-refractivity contribution in [1.29, 1.82) is 0 Å². The Bertz CT molecular complexity index is 295. The molecule has 0 radical (unpaired) electrons. The van der Waals surface area contributed by atoms with Crippen molar-refractivity contribution < 1.29 is 25.1 Å². The second-order valence-electron chi connectivity index (χ2n) is 1.73. The number of anilines is 3. The van der Waals surface area contributed by atoms with Crippen LogP contribution in [0.3, 0.4) is 0 Å². The average molecular weight is 254 g/mol. The van der Waals surface area contributed by atoms with Gasteiger partial charge in [0.2, 0.25) is 0 Å². The fourth-order valence-electron chi connectivity index (χ4n) is 0.533. The summed E-state index contributed by atoms with van der Waals surface area (Å²) in [6.07, 6.45) is 0. The first-order valence-corrected chi connectivity index (χ1v) is 5.44. The first-order chi connectivity index (χ1) is 5.58. The molecule has 0 aromatic carbocycles. The molecule has 1 heterocycles. The summed E-state index contributed by atoms with van der Waals surface area (Å²) in [5, 5.41) is 0. The van der Waals surface area contributed by atoms with Crippen LogP contribution in [-0.2, 0) is 21.3 Å². The average Bonchev–Trinajstić information content (AvgIpc) is 1.81. The van der Waals surface area contributed by atoms with E-state index in [4.69, 9.17) is 15.2 Å². The number of nitrogens with one attached hydrogen (secondary N) is 1. The zero-order valence-corrected chi connectivity index (χ0v) is 7.77. The number of hydrogen-bond acceptors (Lipinski definition) is 6. The Hall–Kier alpha value is -1.14. The summed E-state index contributed by atoms with van der Waals surface area (Å²) in [7, 11) is 0. The molecule has 0 atom stereocenters.